The Balaban J connectivity index is 1.91. The minimum Gasteiger partial charge on any atom is -0.370 e. The summed E-state index contributed by atoms with van der Waals surface area (Å²) in [5.74, 6) is 1.58. The summed E-state index contributed by atoms with van der Waals surface area (Å²) in [6.07, 6.45) is 3.65. The molecule has 1 aromatic carbocycles. The van der Waals surface area contributed by atoms with Crippen LogP contribution in [0.1, 0.15) is 37.4 Å². The van der Waals surface area contributed by atoms with E-state index in [4.69, 9.17) is 0 Å². The average molecular weight is 284 g/mol. The number of hydrogen-bond acceptors (Lipinski definition) is 4. The minimum absolute atomic E-state index is 0.678. The molecule has 0 unspecified atom stereocenters. The van der Waals surface area contributed by atoms with Crippen molar-refractivity contribution < 1.29 is 0 Å². The lowest BCUT2D eigenvalue weighted by Gasteiger charge is -2.10. The lowest BCUT2D eigenvalue weighted by Crippen LogP contribution is -2.08. The molecule has 0 fully saturated rings. The van der Waals surface area contributed by atoms with Gasteiger partial charge in [-0.15, -0.1) is 0 Å². The molecule has 4 nitrogen and oxygen atoms in total. The molecule has 2 aromatic rings. The molecule has 0 saturated heterocycles. The van der Waals surface area contributed by atoms with E-state index in [9.17, 15) is 0 Å². The maximum Gasteiger partial charge on any atom is 0.225 e. The van der Waals surface area contributed by atoms with Gasteiger partial charge in [-0.2, -0.15) is 4.98 Å². The Bertz CT molecular complexity index is 540. The van der Waals surface area contributed by atoms with Crippen molar-refractivity contribution >= 4 is 11.8 Å². The molecule has 0 bridgehead atoms. The van der Waals surface area contributed by atoms with Crippen LogP contribution in [-0.2, 0) is 6.54 Å². The summed E-state index contributed by atoms with van der Waals surface area (Å²) in [4.78, 5) is 8.94. The van der Waals surface area contributed by atoms with E-state index in [0.29, 0.717) is 5.95 Å². The molecule has 1 aromatic heterocycles. The van der Waals surface area contributed by atoms with Gasteiger partial charge < -0.3 is 10.6 Å². The minimum atomic E-state index is 0.678. The van der Waals surface area contributed by atoms with E-state index in [0.717, 1.165) is 24.6 Å². The lowest BCUT2D eigenvalue weighted by molar-refractivity contribution is 0.742. The van der Waals surface area contributed by atoms with Crippen LogP contribution in [0.4, 0.5) is 11.8 Å². The van der Waals surface area contributed by atoms with Gasteiger partial charge >= 0.3 is 0 Å². The predicted molar refractivity (Wildman–Crippen MR) is 88.6 cm³/mol. The van der Waals surface area contributed by atoms with Crippen molar-refractivity contribution in [2.45, 2.75) is 39.7 Å². The SMILES string of the molecule is CCCCCNc1cc(C)nc(NCc2ccccc2)n1. The molecule has 0 spiro atoms. The molecule has 1 heterocycles. The van der Waals surface area contributed by atoms with E-state index >= 15 is 0 Å². The van der Waals surface area contributed by atoms with Gasteiger partial charge in [-0.05, 0) is 18.9 Å². The van der Waals surface area contributed by atoms with Gasteiger partial charge in [0.2, 0.25) is 5.95 Å². The molecule has 4 heteroatoms. The first kappa shape index (κ1) is 15.3. The summed E-state index contributed by atoms with van der Waals surface area (Å²) in [5.41, 5.74) is 2.19. The largest absolute Gasteiger partial charge is 0.370 e. The van der Waals surface area contributed by atoms with Crippen LogP contribution in [0.25, 0.3) is 0 Å². The Hall–Kier alpha value is -2.10. The van der Waals surface area contributed by atoms with Gasteiger partial charge in [0.1, 0.15) is 5.82 Å². The van der Waals surface area contributed by atoms with Crippen LogP contribution in [-0.4, -0.2) is 16.5 Å². The third-order valence-corrected chi connectivity index (χ3v) is 3.23. The van der Waals surface area contributed by atoms with E-state index in [-0.39, 0.29) is 0 Å². The van der Waals surface area contributed by atoms with Gasteiger partial charge in [0.05, 0.1) is 0 Å². The molecular formula is C17H24N4. The summed E-state index contributed by atoms with van der Waals surface area (Å²) in [5, 5.41) is 6.65. The number of nitrogens with zero attached hydrogens (tertiary/aromatic N) is 2. The molecule has 2 N–H and O–H groups in total. The van der Waals surface area contributed by atoms with E-state index in [1.807, 2.05) is 31.2 Å². The van der Waals surface area contributed by atoms with Crippen molar-refractivity contribution in [2.75, 3.05) is 17.2 Å². The van der Waals surface area contributed by atoms with Crippen molar-refractivity contribution in [1.82, 2.24) is 9.97 Å². The summed E-state index contributed by atoms with van der Waals surface area (Å²) in [6, 6.07) is 12.3. The van der Waals surface area contributed by atoms with Gasteiger partial charge in [-0.1, -0.05) is 50.1 Å². The van der Waals surface area contributed by atoms with Crippen LogP contribution in [0.15, 0.2) is 36.4 Å². The number of rotatable bonds is 8. The highest BCUT2D eigenvalue weighted by Gasteiger charge is 2.02. The summed E-state index contributed by atoms with van der Waals surface area (Å²) in [6.45, 7) is 5.90. The monoisotopic (exact) mass is 284 g/mol. The molecule has 21 heavy (non-hydrogen) atoms. The van der Waals surface area contributed by atoms with E-state index in [1.165, 1.54) is 24.8 Å². The second-order valence-electron chi connectivity index (χ2n) is 5.19. The molecule has 0 aliphatic heterocycles. The van der Waals surface area contributed by atoms with Crippen molar-refractivity contribution in [2.24, 2.45) is 0 Å². The van der Waals surface area contributed by atoms with Crippen molar-refractivity contribution in [1.29, 1.82) is 0 Å². The highest BCUT2D eigenvalue weighted by molar-refractivity contribution is 5.42. The second kappa shape index (κ2) is 8.25. The number of hydrogen-bond donors (Lipinski definition) is 2. The number of aryl methyl sites for hydroxylation is 1. The fourth-order valence-corrected chi connectivity index (χ4v) is 2.11. The third-order valence-electron chi connectivity index (χ3n) is 3.23. The van der Waals surface area contributed by atoms with Crippen LogP contribution in [0.2, 0.25) is 0 Å². The first-order chi connectivity index (χ1) is 10.3. The number of anilines is 2. The summed E-state index contributed by atoms with van der Waals surface area (Å²) < 4.78 is 0. The predicted octanol–water partition coefficient (Wildman–Crippen LogP) is 4.00. The van der Waals surface area contributed by atoms with E-state index < -0.39 is 0 Å². The van der Waals surface area contributed by atoms with E-state index in [2.05, 4.69) is 39.7 Å². The molecule has 0 saturated carbocycles. The number of aromatic nitrogens is 2. The van der Waals surface area contributed by atoms with Crippen LogP contribution >= 0.6 is 0 Å². The Morgan fingerprint density at radius 2 is 1.81 bits per heavy atom. The first-order valence-electron chi connectivity index (χ1n) is 7.65. The van der Waals surface area contributed by atoms with Gasteiger partial charge in [0.15, 0.2) is 0 Å². The second-order valence-corrected chi connectivity index (χ2v) is 5.19. The zero-order chi connectivity index (χ0) is 14.9. The maximum atomic E-state index is 4.51. The third kappa shape index (κ3) is 5.42. The first-order valence-corrected chi connectivity index (χ1v) is 7.65. The fourth-order valence-electron chi connectivity index (χ4n) is 2.11. The molecule has 0 aliphatic carbocycles. The Kier molecular flexibility index (Phi) is 6.00. The number of unbranched alkanes of at least 4 members (excludes halogenated alkanes) is 2. The average Bonchev–Trinajstić information content (AvgIpc) is 2.50. The van der Waals surface area contributed by atoms with Crippen molar-refractivity contribution in [3.05, 3.63) is 47.7 Å². The fraction of sp³-hybridized carbons (Fsp3) is 0.412. The highest BCUT2D eigenvalue weighted by atomic mass is 15.1. The van der Waals surface area contributed by atoms with E-state index in [1.54, 1.807) is 0 Å². The maximum absolute atomic E-state index is 4.51. The number of nitrogens with one attached hydrogen (secondary N) is 2. The molecule has 0 atom stereocenters. The summed E-state index contributed by atoms with van der Waals surface area (Å²) >= 11 is 0. The molecule has 0 aliphatic rings. The quantitative estimate of drug-likeness (QED) is 0.719. The number of benzene rings is 1. The molecule has 0 amide bonds. The van der Waals surface area contributed by atoms with Gasteiger partial charge in [-0.25, -0.2) is 4.98 Å². The topological polar surface area (TPSA) is 49.8 Å². The smallest absolute Gasteiger partial charge is 0.225 e. The normalized spacial score (nSPS) is 10.4. The Morgan fingerprint density at radius 1 is 1.00 bits per heavy atom. The summed E-state index contributed by atoms with van der Waals surface area (Å²) in [7, 11) is 0. The van der Waals surface area contributed by atoms with Crippen molar-refractivity contribution in [3.8, 4) is 0 Å². The van der Waals surface area contributed by atoms with Crippen LogP contribution < -0.4 is 10.6 Å². The van der Waals surface area contributed by atoms with Crippen molar-refractivity contribution in [3.63, 3.8) is 0 Å². The zero-order valence-corrected chi connectivity index (χ0v) is 12.9. The Morgan fingerprint density at radius 3 is 2.57 bits per heavy atom. The van der Waals surface area contributed by atoms with Gasteiger partial charge in [0, 0.05) is 24.8 Å². The molecule has 0 radical (unpaired) electrons. The van der Waals surface area contributed by atoms with Crippen LogP contribution in [0.5, 0.6) is 0 Å². The Labute approximate surface area is 127 Å². The van der Waals surface area contributed by atoms with Gasteiger partial charge in [0.25, 0.3) is 0 Å². The van der Waals surface area contributed by atoms with Crippen LogP contribution in [0, 0.1) is 6.92 Å². The van der Waals surface area contributed by atoms with Gasteiger partial charge in [-0.3, -0.25) is 0 Å². The standard InChI is InChI=1S/C17H24N4/c1-3-4-8-11-18-16-12-14(2)20-17(21-16)19-13-15-9-6-5-7-10-15/h5-7,9-10,12H,3-4,8,11,13H2,1-2H3,(H2,18,19,20,21). The lowest BCUT2D eigenvalue weighted by atomic mass is 10.2. The zero-order valence-electron chi connectivity index (χ0n) is 12.9. The molecule has 2 rings (SSSR count). The van der Waals surface area contributed by atoms with Crippen LogP contribution in [0.3, 0.4) is 0 Å². The molecular weight excluding hydrogens is 260 g/mol. The molecule has 112 valence electrons. The highest BCUT2D eigenvalue weighted by Crippen LogP contribution is 2.11.